The lowest BCUT2D eigenvalue weighted by molar-refractivity contribution is 0.0795. The zero-order valence-electron chi connectivity index (χ0n) is 19.6. The first-order valence-electron chi connectivity index (χ1n) is 12.1. The van der Waals surface area contributed by atoms with Crippen LogP contribution in [0.1, 0.15) is 30.5 Å². The number of carbonyl (C=O) groups is 1. The highest BCUT2D eigenvalue weighted by molar-refractivity contribution is 7.89. The number of rotatable bonds is 5. The Morgan fingerprint density at radius 2 is 1.56 bits per heavy atom. The van der Waals surface area contributed by atoms with E-state index in [1.165, 1.54) is 0 Å². The van der Waals surface area contributed by atoms with Gasteiger partial charge in [-0.1, -0.05) is 54.6 Å². The Kier molecular flexibility index (Phi) is 5.70. The minimum absolute atomic E-state index is 0.0754. The van der Waals surface area contributed by atoms with Crippen LogP contribution >= 0.6 is 0 Å². The van der Waals surface area contributed by atoms with Gasteiger partial charge < -0.3 is 4.98 Å². The molecule has 1 aliphatic rings. The van der Waals surface area contributed by atoms with E-state index in [0.717, 1.165) is 16.3 Å². The molecule has 6 rings (SSSR count). The Morgan fingerprint density at radius 3 is 2.25 bits per heavy atom. The van der Waals surface area contributed by atoms with Crippen LogP contribution in [0.2, 0.25) is 0 Å². The third-order valence-corrected chi connectivity index (χ3v) is 8.53. The molecule has 7 nitrogen and oxygen atoms in total. The van der Waals surface area contributed by atoms with Crippen molar-refractivity contribution in [1.29, 1.82) is 0 Å². The molecule has 2 heterocycles. The number of benzene rings is 3. The number of hydrogen-bond acceptors (Lipinski definition) is 4. The van der Waals surface area contributed by atoms with Crippen LogP contribution < -0.4 is 4.72 Å². The zero-order chi connectivity index (χ0) is 24.7. The highest BCUT2D eigenvalue weighted by Crippen LogP contribution is 2.29. The predicted octanol–water partition coefficient (Wildman–Crippen LogP) is 5.36. The van der Waals surface area contributed by atoms with Gasteiger partial charge in [0.25, 0.3) is 0 Å². The van der Waals surface area contributed by atoms with E-state index < -0.39 is 10.0 Å². The van der Waals surface area contributed by atoms with Gasteiger partial charge in [0.1, 0.15) is 5.82 Å². The smallest absolute Gasteiger partial charge is 0.240 e. The Morgan fingerprint density at radius 1 is 0.889 bits per heavy atom. The highest BCUT2D eigenvalue weighted by Gasteiger charge is 2.30. The van der Waals surface area contributed by atoms with Gasteiger partial charge in [-0.2, -0.15) is 0 Å². The molecule has 36 heavy (non-hydrogen) atoms. The minimum atomic E-state index is -3.70. The molecule has 3 aromatic carbocycles. The summed E-state index contributed by atoms with van der Waals surface area (Å²) >= 11 is 0. The fourth-order valence-corrected chi connectivity index (χ4v) is 6.39. The number of sulfonamides is 1. The topological polar surface area (TPSA) is 96.8 Å². The van der Waals surface area contributed by atoms with Crippen molar-refractivity contribution in [3.8, 4) is 11.4 Å². The van der Waals surface area contributed by atoms with Crippen LogP contribution in [0.25, 0.3) is 33.2 Å². The van der Waals surface area contributed by atoms with Crippen molar-refractivity contribution in [3.63, 3.8) is 0 Å². The van der Waals surface area contributed by atoms with Crippen molar-refractivity contribution in [2.45, 2.75) is 36.6 Å². The molecular formula is C28H26N4O3S. The van der Waals surface area contributed by atoms with Crippen molar-refractivity contribution in [1.82, 2.24) is 19.3 Å². The van der Waals surface area contributed by atoms with Gasteiger partial charge in [-0.3, -0.25) is 9.36 Å². The summed E-state index contributed by atoms with van der Waals surface area (Å²) in [4.78, 5) is 21.0. The molecule has 5 aromatic rings. The average molecular weight is 499 g/mol. The van der Waals surface area contributed by atoms with Crippen molar-refractivity contribution in [2.24, 2.45) is 5.92 Å². The van der Waals surface area contributed by atoms with E-state index >= 15 is 0 Å². The van der Waals surface area contributed by atoms with Crippen LogP contribution in [-0.2, 0) is 10.0 Å². The monoisotopic (exact) mass is 498 g/mol. The van der Waals surface area contributed by atoms with Crippen LogP contribution in [0.4, 0.5) is 0 Å². The van der Waals surface area contributed by atoms with E-state index in [2.05, 4.69) is 14.7 Å². The second kappa shape index (κ2) is 9.04. The van der Waals surface area contributed by atoms with E-state index in [1.807, 2.05) is 67.0 Å². The standard InChI is InChI=1S/C28H26N4O3S/c33-28(32-17-21-8-4-5-9-22(21)18-32)20-10-12-23(13-11-20)31-36(34,35)24-14-15-25-26(16-24)30-27(29-25)19-6-2-1-3-7-19/h1-9,14-18,20,23,31H,10-13H2,(H,29,30). The molecule has 0 atom stereocenters. The summed E-state index contributed by atoms with van der Waals surface area (Å²) in [6, 6.07) is 22.4. The van der Waals surface area contributed by atoms with E-state index in [1.54, 1.807) is 22.8 Å². The number of hydrogen-bond donors (Lipinski definition) is 2. The third-order valence-electron chi connectivity index (χ3n) is 7.02. The van der Waals surface area contributed by atoms with E-state index in [9.17, 15) is 13.2 Å². The molecule has 0 spiro atoms. The maximum atomic E-state index is 13.1. The van der Waals surface area contributed by atoms with Gasteiger partial charge in [0, 0.05) is 29.9 Å². The second-order valence-electron chi connectivity index (χ2n) is 9.43. The Hall–Kier alpha value is -3.75. The van der Waals surface area contributed by atoms with Crippen LogP contribution in [-0.4, -0.2) is 34.9 Å². The van der Waals surface area contributed by atoms with Crippen molar-refractivity contribution in [2.75, 3.05) is 0 Å². The molecule has 0 unspecified atom stereocenters. The van der Waals surface area contributed by atoms with Crippen LogP contribution in [0.3, 0.4) is 0 Å². The lowest BCUT2D eigenvalue weighted by Crippen LogP contribution is -2.39. The summed E-state index contributed by atoms with van der Waals surface area (Å²) in [5, 5.41) is 2.08. The fraction of sp³-hybridized carbons (Fsp3) is 0.214. The molecule has 1 aliphatic carbocycles. The molecule has 2 aromatic heterocycles. The van der Waals surface area contributed by atoms with Gasteiger partial charge in [0.05, 0.1) is 15.9 Å². The van der Waals surface area contributed by atoms with Gasteiger partial charge in [-0.15, -0.1) is 0 Å². The summed E-state index contributed by atoms with van der Waals surface area (Å²) in [6.45, 7) is 0. The van der Waals surface area contributed by atoms with Crippen molar-refractivity contribution in [3.05, 3.63) is 85.2 Å². The van der Waals surface area contributed by atoms with Crippen molar-refractivity contribution >= 4 is 37.7 Å². The van der Waals surface area contributed by atoms with Gasteiger partial charge in [0.2, 0.25) is 15.9 Å². The second-order valence-corrected chi connectivity index (χ2v) is 11.1. The first-order valence-corrected chi connectivity index (χ1v) is 13.6. The number of nitrogens with one attached hydrogen (secondary N) is 2. The number of aromatic amines is 1. The highest BCUT2D eigenvalue weighted by atomic mass is 32.2. The van der Waals surface area contributed by atoms with Crippen LogP contribution in [0.15, 0.2) is 90.1 Å². The number of H-pyrrole nitrogens is 1. The lowest BCUT2D eigenvalue weighted by Gasteiger charge is -2.28. The molecule has 0 bridgehead atoms. The number of aromatic nitrogens is 3. The van der Waals surface area contributed by atoms with E-state index in [-0.39, 0.29) is 22.8 Å². The molecule has 0 aliphatic heterocycles. The molecule has 1 fully saturated rings. The van der Waals surface area contributed by atoms with Gasteiger partial charge in [-0.25, -0.2) is 18.1 Å². The SMILES string of the molecule is O=C(C1CCC(NS(=O)(=O)c2ccc3nc(-c4ccccc4)[nH]c3c2)CC1)n1cc2ccccc2c1. The molecule has 0 saturated heterocycles. The predicted molar refractivity (Wildman–Crippen MR) is 140 cm³/mol. The number of nitrogens with zero attached hydrogens (tertiary/aromatic N) is 2. The summed E-state index contributed by atoms with van der Waals surface area (Å²) in [5.74, 6) is 0.670. The van der Waals surface area contributed by atoms with Crippen LogP contribution in [0.5, 0.6) is 0 Å². The molecule has 0 radical (unpaired) electrons. The van der Waals surface area contributed by atoms with Gasteiger partial charge >= 0.3 is 0 Å². The summed E-state index contributed by atoms with van der Waals surface area (Å²) < 4.78 is 30.8. The third kappa shape index (κ3) is 4.34. The van der Waals surface area contributed by atoms with E-state index in [0.29, 0.717) is 42.5 Å². The number of carbonyl (C=O) groups excluding carboxylic acids is 1. The molecule has 1 saturated carbocycles. The normalized spacial score (nSPS) is 18.6. The largest absolute Gasteiger partial charge is 0.338 e. The number of imidazole rings is 1. The Balaban J connectivity index is 1.13. The lowest BCUT2D eigenvalue weighted by atomic mass is 9.86. The number of fused-ring (bicyclic) bond motifs is 2. The Bertz CT molecular complexity index is 1630. The van der Waals surface area contributed by atoms with Crippen molar-refractivity contribution < 1.29 is 13.2 Å². The molecule has 2 N–H and O–H groups in total. The fourth-order valence-electron chi connectivity index (χ4n) is 5.06. The maximum Gasteiger partial charge on any atom is 0.240 e. The quantitative estimate of drug-likeness (QED) is 0.341. The summed E-state index contributed by atoms with van der Waals surface area (Å²) in [6.07, 6.45) is 6.31. The first kappa shape index (κ1) is 22.7. The van der Waals surface area contributed by atoms with E-state index in [4.69, 9.17) is 0 Å². The summed E-state index contributed by atoms with van der Waals surface area (Å²) in [7, 11) is -3.70. The van der Waals surface area contributed by atoms with Crippen LogP contribution in [0, 0.1) is 5.92 Å². The molecule has 8 heteroatoms. The maximum absolute atomic E-state index is 13.1. The van der Waals surface area contributed by atoms with Gasteiger partial charge in [-0.05, 0) is 54.7 Å². The Labute approximate surface area is 209 Å². The molecule has 182 valence electrons. The molecular weight excluding hydrogens is 472 g/mol. The first-order chi connectivity index (χ1) is 17.5. The minimum Gasteiger partial charge on any atom is -0.338 e. The van der Waals surface area contributed by atoms with Gasteiger partial charge in [0.15, 0.2) is 0 Å². The zero-order valence-corrected chi connectivity index (χ0v) is 20.4. The molecule has 0 amide bonds. The average Bonchev–Trinajstić information content (AvgIpc) is 3.53. The summed E-state index contributed by atoms with van der Waals surface area (Å²) in [5.41, 5.74) is 2.32.